The number of hydrogen-bond acceptors (Lipinski definition) is 0. The molecule has 0 rings (SSSR count). The number of rotatable bonds is 20. The Morgan fingerprint density at radius 2 is 0.615 bits per heavy atom. The van der Waals surface area contributed by atoms with Crippen molar-refractivity contribution < 1.29 is 0 Å². The predicted octanol–water partition coefficient (Wildman–Crippen LogP) is 10.4. The summed E-state index contributed by atoms with van der Waals surface area (Å²) in [5.41, 5.74) is 0. The SMILES string of the molecule is C=CCCCCCCCCCCCC.CCCCCCCCCCCC. The average molecular weight is 367 g/mol. The third kappa shape index (κ3) is 31.5. The second-order valence-corrected chi connectivity index (χ2v) is 8.09. The molecule has 0 bridgehead atoms. The summed E-state index contributed by atoms with van der Waals surface area (Å²) < 4.78 is 0. The lowest BCUT2D eigenvalue weighted by Crippen LogP contribution is -1.81. The molecule has 0 aliphatic rings. The second kappa shape index (κ2) is 29.5. The lowest BCUT2D eigenvalue weighted by molar-refractivity contribution is 0.558. The van der Waals surface area contributed by atoms with Gasteiger partial charge in [0, 0.05) is 0 Å². The van der Waals surface area contributed by atoms with E-state index < -0.39 is 0 Å². The quantitative estimate of drug-likeness (QED) is 0.148. The van der Waals surface area contributed by atoms with Crippen LogP contribution in [0.25, 0.3) is 0 Å². The fraction of sp³-hybridized carbons (Fsp3) is 0.923. The third-order valence-corrected chi connectivity index (χ3v) is 5.22. The van der Waals surface area contributed by atoms with Gasteiger partial charge in [-0.2, -0.15) is 0 Å². The van der Waals surface area contributed by atoms with E-state index in [9.17, 15) is 0 Å². The maximum Gasteiger partial charge on any atom is -0.0353 e. The molecule has 0 nitrogen and oxygen atoms in total. The molecule has 0 spiro atoms. The molecular formula is C26H54. The van der Waals surface area contributed by atoms with Crippen LogP contribution >= 0.6 is 0 Å². The van der Waals surface area contributed by atoms with Crippen molar-refractivity contribution >= 4 is 0 Å². The Balaban J connectivity index is 0. The lowest BCUT2D eigenvalue weighted by atomic mass is 10.1. The van der Waals surface area contributed by atoms with E-state index in [1.54, 1.807) is 0 Å². The second-order valence-electron chi connectivity index (χ2n) is 8.09. The first-order valence-electron chi connectivity index (χ1n) is 12.4. The molecule has 0 heteroatoms. The Hall–Kier alpha value is -0.260. The standard InChI is InChI=1S/C14H28.C12H26/c1-3-5-7-9-11-13-14-12-10-8-6-4-2;1-3-5-7-9-11-12-10-8-6-4-2/h3H,1,4-14H2,2H3;3-12H2,1-2H3. The highest BCUT2D eigenvalue weighted by atomic mass is 14.0. The molecule has 0 unspecified atom stereocenters. The minimum Gasteiger partial charge on any atom is -0.103 e. The molecule has 0 aliphatic heterocycles. The van der Waals surface area contributed by atoms with Crippen LogP contribution in [-0.2, 0) is 0 Å². The van der Waals surface area contributed by atoms with Gasteiger partial charge in [-0.25, -0.2) is 0 Å². The van der Waals surface area contributed by atoms with E-state index in [1.165, 1.54) is 135 Å². The first-order chi connectivity index (χ1) is 12.8. The maximum atomic E-state index is 3.74. The van der Waals surface area contributed by atoms with Crippen LogP contribution in [0.4, 0.5) is 0 Å². The van der Waals surface area contributed by atoms with Gasteiger partial charge < -0.3 is 0 Å². The van der Waals surface area contributed by atoms with Gasteiger partial charge in [0.25, 0.3) is 0 Å². The average Bonchev–Trinajstić information content (AvgIpc) is 2.66. The third-order valence-electron chi connectivity index (χ3n) is 5.22. The predicted molar refractivity (Wildman–Crippen MR) is 124 cm³/mol. The lowest BCUT2D eigenvalue weighted by Gasteiger charge is -2.00. The van der Waals surface area contributed by atoms with Crippen molar-refractivity contribution in [2.45, 2.75) is 156 Å². The van der Waals surface area contributed by atoms with E-state index in [0.29, 0.717) is 0 Å². The molecule has 0 saturated heterocycles. The van der Waals surface area contributed by atoms with Gasteiger partial charge in [-0.3, -0.25) is 0 Å². The molecule has 0 amide bonds. The minimum atomic E-state index is 1.20. The number of hydrogen-bond donors (Lipinski definition) is 0. The summed E-state index contributed by atoms with van der Waals surface area (Å²) in [7, 11) is 0. The molecule has 0 saturated carbocycles. The van der Waals surface area contributed by atoms with Crippen LogP contribution in [-0.4, -0.2) is 0 Å². The van der Waals surface area contributed by atoms with Gasteiger partial charge in [0.1, 0.15) is 0 Å². The summed E-state index contributed by atoms with van der Waals surface area (Å²) in [6, 6.07) is 0. The zero-order valence-electron chi connectivity index (χ0n) is 19.1. The van der Waals surface area contributed by atoms with Crippen LogP contribution in [0.2, 0.25) is 0 Å². The fourth-order valence-electron chi connectivity index (χ4n) is 3.34. The fourth-order valence-corrected chi connectivity index (χ4v) is 3.34. The van der Waals surface area contributed by atoms with Crippen molar-refractivity contribution in [3.8, 4) is 0 Å². The molecule has 0 N–H and O–H groups in total. The van der Waals surface area contributed by atoms with Crippen molar-refractivity contribution in [3.05, 3.63) is 12.7 Å². The van der Waals surface area contributed by atoms with Crippen molar-refractivity contribution in [1.82, 2.24) is 0 Å². The molecule has 0 radical (unpaired) electrons. The summed E-state index contributed by atoms with van der Waals surface area (Å²) in [6.07, 6.45) is 31.9. The summed E-state index contributed by atoms with van der Waals surface area (Å²) in [5.74, 6) is 0. The van der Waals surface area contributed by atoms with E-state index >= 15 is 0 Å². The van der Waals surface area contributed by atoms with Gasteiger partial charge in [0.2, 0.25) is 0 Å². The van der Waals surface area contributed by atoms with Crippen LogP contribution < -0.4 is 0 Å². The topological polar surface area (TPSA) is 0 Å². The Morgan fingerprint density at radius 3 is 0.846 bits per heavy atom. The number of allylic oxidation sites excluding steroid dienone is 1. The van der Waals surface area contributed by atoms with Crippen molar-refractivity contribution in [2.24, 2.45) is 0 Å². The van der Waals surface area contributed by atoms with E-state index in [1.807, 2.05) is 6.08 Å². The molecule has 0 aromatic carbocycles. The smallest absolute Gasteiger partial charge is 0.0353 e. The molecular weight excluding hydrogens is 312 g/mol. The van der Waals surface area contributed by atoms with Crippen LogP contribution in [0, 0.1) is 0 Å². The van der Waals surface area contributed by atoms with Crippen LogP contribution in [0.1, 0.15) is 156 Å². The van der Waals surface area contributed by atoms with E-state index in [0.717, 1.165) is 0 Å². The molecule has 26 heavy (non-hydrogen) atoms. The zero-order chi connectivity index (χ0) is 19.6. The Labute approximate surface area is 168 Å². The van der Waals surface area contributed by atoms with Crippen LogP contribution in [0.3, 0.4) is 0 Å². The largest absolute Gasteiger partial charge is 0.103 e. The minimum absolute atomic E-state index is 1.20. The molecule has 0 fully saturated rings. The van der Waals surface area contributed by atoms with E-state index in [2.05, 4.69) is 27.4 Å². The van der Waals surface area contributed by atoms with E-state index in [4.69, 9.17) is 0 Å². The summed E-state index contributed by atoms with van der Waals surface area (Å²) in [6.45, 7) is 10.6. The summed E-state index contributed by atoms with van der Waals surface area (Å²) in [5, 5.41) is 0. The van der Waals surface area contributed by atoms with E-state index in [-0.39, 0.29) is 0 Å². The number of unbranched alkanes of at least 4 members (excludes halogenated alkanes) is 19. The summed E-state index contributed by atoms with van der Waals surface area (Å²) >= 11 is 0. The van der Waals surface area contributed by atoms with Gasteiger partial charge >= 0.3 is 0 Å². The monoisotopic (exact) mass is 366 g/mol. The molecule has 0 aromatic rings. The molecule has 0 aromatic heterocycles. The molecule has 0 heterocycles. The normalized spacial score (nSPS) is 10.4. The Morgan fingerprint density at radius 1 is 0.385 bits per heavy atom. The van der Waals surface area contributed by atoms with Gasteiger partial charge in [-0.1, -0.05) is 149 Å². The molecule has 0 aliphatic carbocycles. The van der Waals surface area contributed by atoms with Crippen LogP contribution in [0.15, 0.2) is 12.7 Å². The Bertz CT molecular complexity index is 208. The van der Waals surface area contributed by atoms with Crippen LogP contribution in [0.5, 0.6) is 0 Å². The molecule has 0 atom stereocenters. The van der Waals surface area contributed by atoms with Gasteiger partial charge in [0.15, 0.2) is 0 Å². The highest BCUT2D eigenvalue weighted by molar-refractivity contribution is 4.65. The van der Waals surface area contributed by atoms with Gasteiger partial charge in [-0.05, 0) is 12.8 Å². The van der Waals surface area contributed by atoms with Crippen molar-refractivity contribution in [3.63, 3.8) is 0 Å². The Kier molecular flexibility index (Phi) is 31.7. The highest BCUT2D eigenvalue weighted by Crippen LogP contribution is 2.11. The van der Waals surface area contributed by atoms with Crippen molar-refractivity contribution in [2.75, 3.05) is 0 Å². The van der Waals surface area contributed by atoms with Crippen molar-refractivity contribution in [1.29, 1.82) is 0 Å². The molecule has 158 valence electrons. The van der Waals surface area contributed by atoms with Gasteiger partial charge in [0.05, 0.1) is 0 Å². The zero-order valence-corrected chi connectivity index (χ0v) is 19.1. The maximum absolute atomic E-state index is 3.74. The highest BCUT2D eigenvalue weighted by Gasteiger charge is 1.91. The van der Waals surface area contributed by atoms with Gasteiger partial charge in [-0.15, -0.1) is 6.58 Å². The summed E-state index contributed by atoms with van der Waals surface area (Å²) in [4.78, 5) is 0. The first kappa shape index (κ1) is 28.0. The first-order valence-corrected chi connectivity index (χ1v) is 12.4.